The summed E-state index contributed by atoms with van der Waals surface area (Å²) in [4.78, 5) is 0. The normalized spacial score (nSPS) is 53.1. The van der Waals surface area contributed by atoms with Gasteiger partial charge in [-0.15, -0.1) is 0 Å². The standard InChI is InChI=1S/C20H33NO14/c1-3-21-15-18(30)33-8(5-23)16(35-19-14(29)12(27)10(25)7(4-22)34-19)20(15,31)17-13(28)11(26)9(24)6(2)32-17/h1,6-19,21-31H,4-5H2,2H3/t6-,7+,8+,9+,10-,11+,12-,13-,14+,15-,16+,17?,18?,19-,20+/m0/s1. The summed E-state index contributed by atoms with van der Waals surface area (Å²) in [6, 6.07) is 0.304. The Morgan fingerprint density at radius 1 is 0.829 bits per heavy atom. The molecule has 0 aromatic carbocycles. The molecule has 0 spiro atoms. The molecule has 3 rings (SSSR count). The lowest BCUT2D eigenvalue weighted by Crippen LogP contribution is -2.80. The number of hydrogen-bond donors (Lipinski definition) is 11. The number of rotatable bonds is 6. The van der Waals surface area contributed by atoms with E-state index in [1.165, 1.54) is 6.92 Å². The first kappa shape index (κ1) is 28.4. The summed E-state index contributed by atoms with van der Waals surface area (Å²) >= 11 is 0. The molecule has 3 aliphatic heterocycles. The fraction of sp³-hybridized carbons (Fsp3) is 0.900. The van der Waals surface area contributed by atoms with Crippen molar-refractivity contribution in [3.63, 3.8) is 0 Å². The number of nitrogens with one attached hydrogen (secondary N) is 1. The molecule has 0 aromatic heterocycles. The second-order valence-corrected chi connectivity index (χ2v) is 8.89. The van der Waals surface area contributed by atoms with Crippen LogP contribution >= 0.6 is 0 Å². The van der Waals surface area contributed by atoms with Gasteiger partial charge in [-0.25, -0.2) is 0 Å². The summed E-state index contributed by atoms with van der Waals surface area (Å²) in [5.41, 5.74) is -2.65. The van der Waals surface area contributed by atoms with Gasteiger partial charge >= 0.3 is 0 Å². The molecule has 35 heavy (non-hydrogen) atoms. The maximum Gasteiger partial charge on any atom is 0.187 e. The van der Waals surface area contributed by atoms with Gasteiger partial charge < -0.3 is 75.3 Å². The highest BCUT2D eigenvalue weighted by Crippen LogP contribution is 2.41. The Bertz CT molecular complexity index is 752. The maximum atomic E-state index is 12.0. The predicted octanol–water partition coefficient (Wildman–Crippen LogP) is -6.97. The van der Waals surface area contributed by atoms with Crippen molar-refractivity contribution in [1.82, 2.24) is 5.32 Å². The SMILES string of the molecule is C#CN[C@H]1C(O)O[C@H](CO)[C@@H](O[C@@H]2O[C@H](CO)[C@H](O)[C@H](O)[C@H]2O)[C@@]1(O)C1O[C@@H](C)[C@@H](O)[C@@H](O)[C@@H]1O. The zero-order valence-corrected chi connectivity index (χ0v) is 18.7. The lowest BCUT2D eigenvalue weighted by atomic mass is 9.73. The predicted molar refractivity (Wildman–Crippen MR) is 110 cm³/mol. The molecule has 0 saturated carbocycles. The topological polar surface area (TPSA) is 251 Å². The Hall–Kier alpha value is -1.20. The molecule has 3 aliphatic rings. The Balaban J connectivity index is 2.05. The van der Waals surface area contributed by atoms with Crippen LogP contribution in [0.3, 0.4) is 0 Å². The third-order valence-electron chi connectivity index (χ3n) is 6.75. The zero-order chi connectivity index (χ0) is 26.2. The molecular formula is C20H33NO14. The Kier molecular flexibility index (Phi) is 8.95. The van der Waals surface area contributed by atoms with Crippen LogP contribution in [0.4, 0.5) is 0 Å². The minimum absolute atomic E-state index is 0.786. The van der Waals surface area contributed by atoms with Gasteiger partial charge in [0.1, 0.15) is 72.7 Å². The number of aliphatic hydroxyl groups excluding tert-OH is 9. The van der Waals surface area contributed by atoms with Gasteiger partial charge in [-0.3, -0.25) is 0 Å². The first-order valence-electron chi connectivity index (χ1n) is 11.0. The van der Waals surface area contributed by atoms with Crippen molar-refractivity contribution >= 4 is 0 Å². The summed E-state index contributed by atoms with van der Waals surface area (Å²) in [6.07, 6.45) is -17.1. The quantitative estimate of drug-likeness (QED) is 0.117. The summed E-state index contributed by atoms with van der Waals surface area (Å²) in [5.74, 6) is 0. The first-order valence-corrected chi connectivity index (χ1v) is 11.0. The third-order valence-corrected chi connectivity index (χ3v) is 6.75. The zero-order valence-electron chi connectivity index (χ0n) is 18.7. The first-order chi connectivity index (χ1) is 16.4. The Morgan fingerprint density at radius 3 is 2.00 bits per heavy atom. The minimum Gasteiger partial charge on any atom is -0.394 e. The van der Waals surface area contributed by atoms with E-state index >= 15 is 0 Å². The fourth-order valence-electron chi connectivity index (χ4n) is 4.74. The van der Waals surface area contributed by atoms with E-state index in [-0.39, 0.29) is 0 Å². The van der Waals surface area contributed by atoms with Crippen LogP contribution in [0.1, 0.15) is 6.92 Å². The van der Waals surface area contributed by atoms with Crippen molar-refractivity contribution < 1.29 is 70.0 Å². The van der Waals surface area contributed by atoms with Crippen molar-refractivity contribution in [2.75, 3.05) is 13.2 Å². The van der Waals surface area contributed by atoms with Crippen LogP contribution in [0, 0.1) is 12.5 Å². The van der Waals surface area contributed by atoms with E-state index in [0.717, 1.165) is 0 Å². The van der Waals surface area contributed by atoms with Crippen LogP contribution in [0.15, 0.2) is 0 Å². The van der Waals surface area contributed by atoms with Gasteiger partial charge in [-0.05, 0) is 6.92 Å². The third kappa shape index (κ3) is 4.89. The average Bonchev–Trinajstić information content (AvgIpc) is 2.84. The van der Waals surface area contributed by atoms with Crippen LogP contribution in [0.25, 0.3) is 0 Å². The highest BCUT2D eigenvalue weighted by Gasteiger charge is 2.66. The van der Waals surface area contributed by atoms with Crippen molar-refractivity contribution in [2.24, 2.45) is 0 Å². The van der Waals surface area contributed by atoms with Crippen molar-refractivity contribution in [3.05, 3.63) is 0 Å². The lowest BCUT2D eigenvalue weighted by Gasteiger charge is -2.56. The molecule has 0 aliphatic carbocycles. The van der Waals surface area contributed by atoms with Crippen LogP contribution in [-0.4, -0.2) is 156 Å². The number of terminal acetylenes is 1. The Morgan fingerprint density at radius 2 is 1.43 bits per heavy atom. The van der Waals surface area contributed by atoms with E-state index in [2.05, 4.69) is 5.32 Å². The molecule has 3 saturated heterocycles. The van der Waals surface area contributed by atoms with E-state index in [4.69, 9.17) is 25.4 Å². The van der Waals surface area contributed by atoms with Crippen LogP contribution in [0.2, 0.25) is 0 Å². The van der Waals surface area contributed by atoms with Crippen molar-refractivity contribution in [1.29, 1.82) is 0 Å². The summed E-state index contributed by atoms with van der Waals surface area (Å²) in [5, 5.41) is 106. The van der Waals surface area contributed by atoms with E-state index in [1.807, 2.05) is 6.04 Å². The molecule has 11 N–H and O–H groups in total. The van der Waals surface area contributed by atoms with Gasteiger partial charge in [0.05, 0.1) is 19.3 Å². The van der Waals surface area contributed by atoms with Crippen LogP contribution in [0.5, 0.6) is 0 Å². The highest BCUT2D eigenvalue weighted by molar-refractivity contribution is 5.16. The largest absolute Gasteiger partial charge is 0.394 e. The molecule has 0 aromatic rings. The maximum absolute atomic E-state index is 12.0. The molecule has 2 unspecified atom stereocenters. The van der Waals surface area contributed by atoms with E-state index in [1.54, 1.807) is 0 Å². The summed E-state index contributed by atoms with van der Waals surface area (Å²) in [6.45, 7) is -0.341. The second kappa shape index (κ2) is 11.0. The van der Waals surface area contributed by atoms with Crippen LogP contribution < -0.4 is 5.32 Å². The Labute approximate surface area is 200 Å². The molecule has 3 fully saturated rings. The average molecular weight is 511 g/mol. The number of ether oxygens (including phenoxy) is 4. The molecule has 0 radical (unpaired) electrons. The van der Waals surface area contributed by atoms with Gasteiger partial charge in [-0.1, -0.05) is 6.42 Å². The van der Waals surface area contributed by atoms with Gasteiger partial charge in [0.2, 0.25) is 0 Å². The van der Waals surface area contributed by atoms with E-state index in [0.29, 0.717) is 0 Å². The van der Waals surface area contributed by atoms with E-state index < -0.39 is 105 Å². The van der Waals surface area contributed by atoms with Gasteiger partial charge in [0.15, 0.2) is 12.6 Å². The highest BCUT2D eigenvalue weighted by atomic mass is 16.7. The molecule has 15 atom stereocenters. The monoisotopic (exact) mass is 511 g/mol. The summed E-state index contributed by atoms with van der Waals surface area (Å²) in [7, 11) is 0. The molecular weight excluding hydrogens is 478 g/mol. The molecule has 202 valence electrons. The molecule has 0 amide bonds. The van der Waals surface area contributed by atoms with Crippen LogP contribution in [-0.2, 0) is 18.9 Å². The van der Waals surface area contributed by atoms with Gasteiger partial charge in [0, 0.05) is 6.04 Å². The fourth-order valence-corrected chi connectivity index (χ4v) is 4.74. The van der Waals surface area contributed by atoms with Crippen molar-refractivity contribution in [3.8, 4) is 12.5 Å². The number of aliphatic hydroxyl groups is 10. The molecule has 15 nitrogen and oxygen atoms in total. The number of hydrogen-bond acceptors (Lipinski definition) is 15. The van der Waals surface area contributed by atoms with Crippen molar-refractivity contribution in [2.45, 2.75) is 98.3 Å². The molecule has 15 heteroatoms. The smallest absolute Gasteiger partial charge is 0.187 e. The lowest BCUT2D eigenvalue weighted by molar-refractivity contribution is -0.384. The van der Waals surface area contributed by atoms with E-state index in [9.17, 15) is 51.1 Å². The van der Waals surface area contributed by atoms with Gasteiger partial charge in [0.25, 0.3) is 0 Å². The van der Waals surface area contributed by atoms with Gasteiger partial charge in [-0.2, -0.15) is 0 Å². The second-order valence-electron chi connectivity index (χ2n) is 8.89. The molecule has 0 bridgehead atoms. The summed E-state index contributed by atoms with van der Waals surface area (Å²) < 4.78 is 21.9. The molecule has 3 heterocycles. The minimum atomic E-state index is -2.65.